The van der Waals surface area contributed by atoms with Gasteiger partial charge in [0.25, 0.3) is 0 Å². The van der Waals surface area contributed by atoms with Crippen LogP contribution in [0.4, 0.5) is 0 Å². The molecule has 1 aromatic carbocycles. The Labute approximate surface area is 173 Å². The van der Waals surface area contributed by atoms with Crippen molar-refractivity contribution in [2.24, 2.45) is 5.92 Å². The number of benzene rings is 1. The largest absolute Gasteiger partial charge is 0.870 e. The number of hydrogen-bond donors (Lipinski definition) is 1. The average Bonchev–Trinajstić information content (AvgIpc) is 3.38. The van der Waals surface area contributed by atoms with Gasteiger partial charge in [0.1, 0.15) is 17.4 Å². The van der Waals surface area contributed by atoms with Gasteiger partial charge in [0.05, 0.1) is 29.6 Å². The van der Waals surface area contributed by atoms with Crippen LogP contribution in [0.15, 0.2) is 12.1 Å². The van der Waals surface area contributed by atoms with Gasteiger partial charge in [-0.2, -0.15) is 0 Å². The Morgan fingerprint density at radius 2 is 2.22 bits per heavy atom. The summed E-state index contributed by atoms with van der Waals surface area (Å²) in [6.07, 6.45) is 2.34. The van der Waals surface area contributed by atoms with Crippen molar-refractivity contribution < 1.29 is 28.3 Å². The fourth-order valence-corrected chi connectivity index (χ4v) is 6.59. The molecule has 3 fully saturated rings. The number of aliphatic hydroxyl groups is 1. The number of likely N-dealkylation sites (N-methyl/N-ethyl adjacent to an activating group) is 1. The van der Waals surface area contributed by atoms with E-state index in [2.05, 4.69) is 0 Å². The Bertz CT molecular complexity index is 951. The second-order valence-electron chi connectivity index (χ2n) is 9.14. The Kier molecular flexibility index (Phi) is 2.90. The third-order valence-corrected chi connectivity index (χ3v) is 7.90. The van der Waals surface area contributed by atoms with E-state index in [4.69, 9.17) is 8.85 Å². The number of piperidine rings is 1. The van der Waals surface area contributed by atoms with Gasteiger partial charge in [0.2, 0.25) is 0 Å². The van der Waals surface area contributed by atoms with Crippen molar-refractivity contribution in [3.63, 3.8) is 0 Å². The third-order valence-electron chi connectivity index (χ3n) is 7.90. The molecule has 2 aliphatic heterocycles. The highest BCUT2D eigenvalue weighted by atomic mass is 79.9. The smallest absolute Gasteiger partial charge is 0.174 e. The first-order valence-electron chi connectivity index (χ1n) is 11.3. The lowest BCUT2D eigenvalue weighted by Gasteiger charge is -2.64. The minimum Gasteiger partial charge on any atom is -0.870 e. The third kappa shape index (κ3) is 1.94. The first-order chi connectivity index (χ1) is 13.6. The predicted octanol–water partition coefficient (Wildman–Crippen LogP) is 1.62. The molecule has 1 spiro atoms. The van der Waals surface area contributed by atoms with Crippen LogP contribution in [0.5, 0.6) is 11.5 Å². The first kappa shape index (κ1) is 14.8. The monoisotopic (exact) mass is 438 g/mol. The van der Waals surface area contributed by atoms with Crippen molar-refractivity contribution >= 4 is 22.8 Å². The van der Waals surface area contributed by atoms with Crippen LogP contribution in [0.2, 0.25) is 0 Å². The van der Waals surface area contributed by atoms with Gasteiger partial charge in [0.15, 0.2) is 11.9 Å². The molecule has 4 unspecified atom stereocenters. The van der Waals surface area contributed by atoms with Crippen molar-refractivity contribution in [2.45, 2.75) is 61.7 Å². The van der Waals surface area contributed by atoms with Gasteiger partial charge < -0.3 is 19.4 Å². The standard InChI is InChI=1S/C21H25NO4.BrH/c1-22(11-12-2-3-12)9-8-20-17-13-4-5-14(23)18(17)26-19(20)15(24)6-7-21(20,25)16(22)10-13;/h4-5,12,16,19,25H,2-3,6-11H2,1H3;1H/t16?,19?,20?,21-,22?;/m0./s1/i1D3;. The number of carbonyl (C=O) groups excluding carboxylic acids is 1. The molecule has 1 N–H and O–H groups in total. The highest BCUT2D eigenvalue weighted by Crippen LogP contribution is 2.65. The van der Waals surface area contributed by atoms with Crippen LogP contribution < -0.4 is 9.84 Å². The number of Topliss-reactive ketones (excluding diaryl/α,β-unsaturated/α-hetero) is 1. The number of quaternary nitrogens is 1. The zero-order valence-corrected chi connectivity index (χ0v) is 16.8. The van der Waals surface area contributed by atoms with Gasteiger partial charge in [-0.15, -0.1) is 17.0 Å². The SMILES string of the molecule is Br.[2H]C([2H])([2H])[N+]1(CC2CC2)CCC23c4c5ccc([O-])c4OC2C(=O)CC[C@]3(O)C1C5. The fourth-order valence-electron chi connectivity index (χ4n) is 6.59. The van der Waals surface area contributed by atoms with E-state index in [1.807, 2.05) is 0 Å². The predicted molar refractivity (Wildman–Crippen MR) is 102 cm³/mol. The van der Waals surface area contributed by atoms with Crippen LogP contribution in [0.25, 0.3) is 0 Å². The van der Waals surface area contributed by atoms with E-state index in [1.165, 1.54) is 6.07 Å². The second-order valence-corrected chi connectivity index (χ2v) is 9.14. The molecule has 2 heterocycles. The van der Waals surface area contributed by atoms with Crippen molar-refractivity contribution in [1.29, 1.82) is 0 Å². The molecule has 146 valence electrons. The lowest BCUT2D eigenvalue weighted by atomic mass is 9.48. The number of nitrogens with zero attached hydrogens (tertiary/aromatic N) is 1. The van der Waals surface area contributed by atoms with Crippen molar-refractivity contribution in [2.75, 3.05) is 20.1 Å². The van der Waals surface area contributed by atoms with Crippen LogP contribution in [-0.4, -0.2) is 53.2 Å². The number of likely N-dealkylation sites (tertiary alicyclic amines) is 1. The maximum Gasteiger partial charge on any atom is 0.174 e. The van der Waals surface area contributed by atoms with Crippen LogP contribution in [0.1, 0.15) is 47.3 Å². The number of ether oxygens (including phenoxy) is 1. The maximum absolute atomic E-state index is 12.9. The molecular weight excluding hydrogens is 410 g/mol. The van der Waals surface area contributed by atoms with Gasteiger partial charge >= 0.3 is 0 Å². The zero-order chi connectivity index (χ0) is 20.4. The van der Waals surface area contributed by atoms with Crippen LogP contribution in [-0.2, 0) is 16.6 Å². The molecule has 0 aromatic heterocycles. The van der Waals surface area contributed by atoms with Gasteiger partial charge in [0, 0.05) is 30.7 Å². The molecule has 6 rings (SSSR count). The van der Waals surface area contributed by atoms with Gasteiger partial charge in [-0.25, -0.2) is 0 Å². The lowest BCUT2D eigenvalue weighted by molar-refractivity contribution is -0.950. The molecule has 3 aliphatic carbocycles. The highest BCUT2D eigenvalue weighted by molar-refractivity contribution is 8.93. The van der Waals surface area contributed by atoms with E-state index in [0.717, 1.165) is 18.4 Å². The maximum atomic E-state index is 12.9. The van der Waals surface area contributed by atoms with Crippen LogP contribution >= 0.6 is 17.0 Å². The number of halogens is 1. The van der Waals surface area contributed by atoms with E-state index in [1.54, 1.807) is 6.07 Å². The zero-order valence-electron chi connectivity index (χ0n) is 18.1. The molecule has 2 saturated carbocycles. The average molecular weight is 439 g/mol. The van der Waals surface area contributed by atoms with Crippen molar-refractivity contribution in [3.05, 3.63) is 23.3 Å². The van der Waals surface area contributed by atoms with Gasteiger partial charge in [-0.05, 0) is 24.8 Å². The lowest BCUT2D eigenvalue weighted by Crippen LogP contribution is -2.80. The minimum atomic E-state index is -2.25. The molecule has 2 bridgehead atoms. The summed E-state index contributed by atoms with van der Waals surface area (Å²) in [4.78, 5) is 12.9. The summed E-state index contributed by atoms with van der Waals surface area (Å²) in [5.41, 5.74) is -0.795. The highest BCUT2D eigenvalue weighted by Gasteiger charge is 2.76. The van der Waals surface area contributed by atoms with Crippen LogP contribution in [0.3, 0.4) is 0 Å². The molecule has 5 atom stereocenters. The van der Waals surface area contributed by atoms with Crippen molar-refractivity contribution in [3.8, 4) is 11.5 Å². The Morgan fingerprint density at radius 3 is 2.96 bits per heavy atom. The molecular formula is C21H26BrNO4. The summed E-state index contributed by atoms with van der Waals surface area (Å²) in [6.45, 7) is -1.34. The minimum absolute atomic E-state index is 0. The summed E-state index contributed by atoms with van der Waals surface area (Å²) in [5.74, 6) is 0.236. The Balaban J connectivity index is 0.00000193. The molecule has 1 saturated heterocycles. The molecule has 1 aromatic rings. The van der Waals surface area contributed by atoms with Gasteiger partial charge in [-0.1, -0.05) is 17.9 Å². The summed E-state index contributed by atoms with van der Waals surface area (Å²) in [6, 6.07) is 2.69. The molecule has 0 amide bonds. The fraction of sp³-hybridized carbons (Fsp3) is 0.667. The number of carbonyl (C=O) groups is 1. The number of hydrogen-bond acceptors (Lipinski definition) is 4. The second kappa shape index (κ2) is 5.28. The van der Waals surface area contributed by atoms with E-state index < -0.39 is 30.1 Å². The summed E-state index contributed by atoms with van der Waals surface area (Å²) >= 11 is 0. The van der Waals surface area contributed by atoms with Crippen molar-refractivity contribution in [1.82, 2.24) is 0 Å². The van der Waals surface area contributed by atoms with Gasteiger partial charge in [-0.3, -0.25) is 4.79 Å². The topological polar surface area (TPSA) is 69.6 Å². The molecule has 0 radical (unpaired) electrons. The number of rotatable bonds is 2. The summed E-state index contributed by atoms with van der Waals surface area (Å²) in [7, 11) is 0. The normalized spacial score (nSPS) is 45.7. The first-order valence-corrected chi connectivity index (χ1v) is 9.76. The number of ketones is 1. The summed E-state index contributed by atoms with van der Waals surface area (Å²) in [5, 5.41) is 24.8. The van der Waals surface area contributed by atoms with E-state index in [9.17, 15) is 15.0 Å². The van der Waals surface area contributed by atoms with E-state index >= 15 is 0 Å². The van der Waals surface area contributed by atoms with Crippen LogP contribution in [0, 0.1) is 5.92 Å². The molecule has 27 heavy (non-hydrogen) atoms. The van der Waals surface area contributed by atoms with E-state index in [-0.39, 0.29) is 51.6 Å². The Morgan fingerprint density at radius 1 is 1.41 bits per heavy atom. The van der Waals surface area contributed by atoms with E-state index in [0.29, 0.717) is 37.4 Å². The Hall–Kier alpha value is -1.11. The molecule has 5 nitrogen and oxygen atoms in total. The molecule has 6 heteroatoms. The summed E-state index contributed by atoms with van der Waals surface area (Å²) < 4.78 is 31.3. The quantitative estimate of drug-likeness (QED) is 0.712. The molecule has 5 aliphatic rings.